The molecule has 1 aliphatic heterocycles. The van der Waals surface area contributed by atoms with Gasteiger partial charge in [0, 0.05) is 29.3 Å². The van der Waals surface area contributed by atoms with Crippen LogP contribution in [0.3, 0.4) is 0 Å². The Labute approximate surface area is 170 Å². The van der Waals surface area contributed by atoms with Gasteiger partial charge < -0.3 is 38.5 Å². The molecule has 0 saturated carbocycles. The van der Waals surface area contributed by atoms with Gasteiger partial charge in [-0.1, -0.05) is 0 Å². The van der Waals surface area contributed by atoms with E-state index in [0.717, 1.165) is 5.39 Å². The number of fused-ring (bicyclic) bond motifs is 3. The first kappa shape index (κ1) is 18.0. The molecule has 0 unspecified atom stereocenters. The summed E-state index contributed by atoms with van der Waals surface area (Å²) in [5.74, 6) is 2.42. The number of hydrogen-bond donors (Lipinski definition) is 2. The minimum absolute atomic E-state index is 0.146. The quantitative estimate of drug-likeness (QED) is 0.501. The van der Waals surface area contributed by atoms with E-state index >= 15 is 0 Å². The standard InChI is InChI=1S/C21H18N2O7/c1-25-16-4-10(5-17(26-2)20(16)27-3)22-19-11-6-14-15(30-9-29-14)7-12(11)23-13-8-28-21(24)18(13)19/h4-8,22,24H,9H2,1-3H3. The Morgan fingerprint density at radius 3 is 2.30 bits per heavy atom. The molecule has 1 aliphatic rings. The highest BCUT2D eigenvalue weighted by Crippen LogP contribution is 2.46. The summed E-state index contributed by atoms with van der Waals surface area (Å²) < 4.78 is 32.5. The van der Waals surface area contributed by atoms with Crippen LogP contribution in [-0.2, 0) is 0 Å². The van der Waals surface area contributed by atoms with E-state index in [4.69, 9.17) is 28.1 Å². The second kappa shape index (κ2) is 6.80. The lowest BCUT2D eigenvalue weighted by Gasteiger charge is -2.16. The number of rotatable bonds is 5. The lowest BCUT2D eigenvalue weighted by Crippen LogP contribution is -1.99. The summed E-state index contributed by atoms with van der Waals surface area (Å²) in [5.41, 5.74) is 2.39. The van der Waals surface area contributed by atoms with Crippen molar-refractivity contribution < 1.29 is 33.2 Å². The van der Waals surface area contributed by atoms with Crippen LogP contribution in [0.25, 0.3) is 21.8 Å². The van der Waals surface area contributed by atoms with Crippen molar-refractivity contribution in [1.29, 1.82) is 0 Å². The Morgan fingerprint density at radius 2 is 1.63 bits per heavy atom. The zero-order valence-electron chi connectivity index (χ0n) is 16.4. The van der Waals surface area contributed by atoms with E-state index in [9.17, 15) is 5.11 Å². The molecule has 0 bridgehead atoms. The SMILES string of the molecule is COc1cc(Nc2c3cc4c(cc3nc3coc(O)c23)OCO4)cc(OC)c1OC. The first-order chi connectivity index (χ1) is 14.6. The molecule has 0 amide bonds. The highest BCUT2D eigenvalue weighted by atomic mass is 16.7. The fourth-order valence-corrected chi connectivity index (χ4v) is 3.57. The Morgan fingerprint density at radius 1 is 0.933 bits per heavy atom. The number of benzene rings is 2. The second-order valence-corrected chi connectivity index (χ2v) is 6.55. The Hall–Kier alpha value is -4.01. The van der Waals surface area contributed by atoms with E-state index in [-0.39, 0.29) is 12.7 Å². The number of aromatic nitrogens is 1. The zero-order valence-corrected chi connectivity index (χ0v) is 16.4. The largest absolute Gasteiger partial charge is 0.493 e. The molecule has 3 heterocycles. The molecule has 2 aromatic heterocycles. The average molecular weight is 410 g/mol. The number of pyridine rings is 1. The number of furan rings is 1. The molecule has 9 nitrogen and oxygen atoms in total. The summed E-state index contributed by atoms with van der Waals surface area (Å²) in [6.07, 6.45) is 1.40. The molecule has 2 aromatic carbocycles. The van der Waals surface area contributed by atoms with Crippen LogP contribution in [0, 0.1) is 0 Å². The first-order valence-electron chi connectivity index (χ1n) is 9.03. The molecule has 0 saturated heterocycles. The van der Waals surface area contributed by atoms with Crippen LogP contribution in [0.2, 0.25) is 0 Å². The predicted octanol–water partition coefficient (Wildman–Crippen LogP) is 4.18. The minimum Gasteiger partial charge on any atom is -0.493 e. The van der Waals surface area contributed by atoms with E-state index < -0.39 is 0 Å². The zero-order chi connectivity index (χ0) is 20.8. The lowest BCUT2D eigenvalue weighted by atomic mass is 10.1. The van der Waals surface area contributed by atoms with E-state index in [0.29, 0.717) is 56.5 Å². The highest BCUT2D eigenvalue weighted by molar-refractivity contribution is 6.11. The van der Waals surface area contributed by atoms with Gasteiger partial charge in [0.1, 0.15) is 17.2 Å². The van der Waals surface area contributed by atoms with Gasteiger partial charge in [-0.05, 0) is 6.07 Å². The van der Waals surface area contributed by atoms with Gasteiger partial charge in [-0.15, -0.1) is 0 Å². The fraction of sp³-hybridized carbons (Fsp3) is 0.190. The summed E-state index contributed by atoms with van der Waals surface area (Å²) >= 11 is 0. The summed E-state index contributed by atoms with van der Waals surface area (Å²) in [4.78, 5) is 4.57. The van der Waals surface area contributed by atoms with Crippen molar-refractivity contribution in [2.75, 3.05) is 33.4 Å². The van der Waals surface area contributed by atoms with E-state index in [2.05, 4.69) is 10.3 Å². The lowest BCUT2D eigenvalue weighted by molar-refractivity contribution is 0.174. The number of anilines is 2. The number of hydrogen-bond acceptors (Lipinski definition) is 9. The van der Waals surface area contributed by atoms with Gasteiger partial charge in [0.15, 0.2) is 23.0 Å². The summed E-state index contributed by atoms with van der Waals surface area (Å²) in [6, 6.07) is 7.14. The highest BCUT2D eigenvalue weighted by Gasteiger charge is 2.22. The van der Waals surface area contributed by atoms with Crippen molar-refractivity contribution in [3.05, 3.63) is 30.5 Å². The monoisotopic (exact) mass is 410 g/mol. The molecule has 0 fully saturated rings. The van der Waals surface area contributed by atoms with Gasteiger partial charge in [-0.2, -0.15) is 0 Å². The summed E-state index contributed by atoms with van der Waals surface area (Å²) in [7, 11) is 4.63. The van der Waals surface area contributed by atoms with Crippen LogP contribution >= 0.6 is 0 Å². The molecule has 0 atom stereocenters. The van der Waals surface area contributed by atoms with Crippen LogP contribution in [0.4, 0.5) is 11.4 Å². The van der Waals surface area contributed by atoms with Crippen LogP contribution in [0.1, 0.15) is 0 Å². The van der Waals surface area contributed by atoms with Gasteiger partial charge in [-0.25, -0.2) is 4.98 Å². The molecule has 0 radical (unpaired) electrons. The van der Waals surface area contributed by atoms with Crippen molar-refractivity contribution in [3.8, 4) is 34.7 Å². The molecule has 154 valence electrons. The van der Waals surface area contributed by atoms with Gasteiger partial charge >= 0.3 is 0 Å². The Kier molecular flexibility index (Phi) is 4.09. The van der Waals surface area contributed by atoms with Crippen molar-refractivity contribution in [3.63, 3.8) is 0 Å². The van der Waals surface area contributed by atoms with Gasteiger partial charge in [-0.3, -0.25) is 0 Å². The van der Waals surface area contributed by atoms with Crippen LogP contribution in [0.15, 0.2) is 34.9 Å². The number of ether oxygens (including phenoxy) is 5. The van der Waals surface area contributed by atoms with Crippen molar-refractivity contribution >= 4 is 33.2 Å². The third-order valence-electron chi connectivity index (χ3n) is 4.94. The smallest absolute Gasteiger partial charge is 0.293 e. The Balaban J connectivity index is 1.74. The fourth-order valence-electron chi connectivity index (χ4n) is 3.57. The van der Waals surface area contributed by atoms with Gasteiger partial charge in [0.2, 0.25) is 12.5 Å². The molecule has 5 rings (SSSR count). The van der Waals surface area contributed by atoms with Crippen LogP contribution in [0.5, 0.6) is 34.7 Å². The second-order valence-electron chi connectivity index (χ2n) is 6.55. The molecular formula is C21H18N2O7. The summed E-state index contributed by atoms with van der Waals surface area (Å²) in [6.45, 7) is 0.146. The molecule has 2 N–H and O–H groups in total. The average Bonchev–Trinajstić information content (AvgIpc) is 3.37. The summed E-state index contributed by atoms with van der Waals surface area (Å²) in [5, 5.41) is 14.8. The minimum atomic E-state index is -0.244. The first-order valence-corrected chi connectivity index (χ1v) is 9.03. The molecule has 0 spiro atoms. The maximum Gasteiger partial charge on any atom is 0.293 e. The van der Waals surface area contributed by atoms with Crippen LogP contribution < -0.4 is 29.0 Å². The third kappa shape index (κ3) is 2.66. The molecule has 0 aliphatic carbocycles. The number of nitrogens with zero attached hydrogens (tertiary/aromatic N) is 1. The molecule has 30 heavy (non-hydrogen) atoms. The topological polar surface area (TPSA) is 104 Å². The Bertz CT molecular complexity index is 1260. The normalized spacial score (nSPS) is 12.4. The van der Waals surface area contributed by atoms with Gasteiger partial charge in [0.05, 0.1) is 32.5 Å². The predicted molar refractivity (Wildman–Crippen MR) is 109 cm³/mol. The third-order valence-corrected chi connectivity index (χ3v) is 4.94. The maximum atomic E-state index is 10.3. The number of aromatic hydroxyl groups is 1. The molecular weight excluding hydrogens is 392 g/mol. The van der Waals surface area contributed by atoms with Gasteiger partial charge in [0.25, 0.3) is 5.95 Å². The van der Waals surface area contributed by atoms with E-state index in [1.807, 2.05) is 6.07 Å². The molecule has 4 aromatic rings. The number of methoxy groups -OCH3 is 3. The van der Waals surface area contributed by atoms with Crippen molar-refractivity contribution in [2.24, 2.45) is 0 Å². The van der Waals surface area contributed by atoms with Crippen molar-refractivity contribution in [1.82, 2.24) is 4.98 Å². The van der Waals surface area contributed by atoms with Crippen molar-refractivity contribution in [2.45, 2.75) is 0 Å². The van der Waals surface area contributed by atoms with Crippen LogP contribution in [-0.4, -0.2) is 38.2 Å². The van der Waals surface area contributed by atoms with E-state index in [1.165, 1.54) is 6.26 Å². The molecule has 9 heteroatoms. The number of nitrogens with one attached hydrogen (secondary N) is 1. The van der Waals surface area contributed by atoms with E-state index in [1.54, 1.807) is 39.5 Å². The maximum absolute atomic E-state index is 10.3.